The average molecular weight is 652 g/mol. The van der Waals surface area contributed by atoms with Gasteiger partial charge in [-0.1, -0.05) is 32.0 Å². The highest BCUT2D eigenvalue weighted by atomic mass is 19.3. The van der Waals surface area contributed by atoms with Crippen LogP contribution in [0.2, 0.25) is 0 Å². The summed E-state index contributed by atoms with van der Waals surface area (Å²) < 4.78 is 33.7. The van der Waals surface area contributed by atoms with Gasteiger partial charge >= 0.3 is 0 Å². The first-order valence-corrected chi connectivity index (χ1v) is 17.1. The molecule has 0 atom stereocenters. The van der Waals surface area contributed by atoms with E-state index in [4.69, 9.17) is 10.5 Å². The topological polar surface area (TPSA) is 83.2 Å². The maximum atomic E-state index is 14.0. The van der Waals surface area contributed by atoms with Gasteiger partial charge in [-0.2, -0.15) is 0 Å². The molecule has 0 aliphatic carbocycles. The van der Waals surface area contributed by atoms with Crippen LogP contribution in [0.4, 0.5) is 20.2 Å². The molecular formula is C38H55F2N5O2. The molecule has 0 saturated carbocycles. The highest BCUT2D eigenvalue weighted by Crippen LogP contribution is 2.38. The molecule has 4 rings (SSSR count). The Balaban J connectivity index is 0.00000294. The Bertz CT molecular complexity index is 1380. The summed E-state index contributed by atoms with van der Waals surface area (Å²) in [6, 6.07) is 9.84. The molecular weight excluding hydrogens is 596 g/mol. The maximum absolute atomic E-state index is 14.0. The van der Waals surface area contributed by atoms with Crippen molar-refractivity contribution in [3.05, 3.63) is 69.9 Å². The van der Waals surface area contributed by atoms with Gasteiger partial charge in [0.15, 0.2) is 0 Å². The number of hydrogen-bond donors (Lipinski definition) is 2. The summed E-state index contributed by atoms with van der Waals surface area (Å²) in [5, 5.41) is 3.32. The molecule has 7 nitrogen and oxygen atoms in total. The summed E-state index contributed by atoms with van der Waals surface area (Å²) in [5.74, 6) is 0.421. The first-order chi connectivity index (χ1) is 22.7. The second kappa shape index (κ2) is 19.3. The third kappa shape index (κ3) is 10.7. The molecule has 47 heavy (non-hydrogen) atoms. The van der Waals surface area contributed by atoms with E-state index in [-0.39, 0.29) is 11.6 Å². The quantitative estimate of drug-likeness (QED) is 0.133. The van der Waals surface area contributed by atoms with Gasteiger partial charge in [-0.3, -0.25) is 9.79 Å². The lowest BCUT2D eigenvalue weighted by Crippen LogP contribution is -2.29. The Hall–Kier alpha value is -3.56. The van der Waals surface area contributed by atoms with Gasteiger partial charge in [0.2, 0.25) is 0 Å². The first-order valence-electron chi connectivity index (χ1n) is 17.1. The number of aldehydes is 1. The van der Waals surface area contributed by atoms with Gasteiger partial charge in [-0.05, 0) is 105 Å². The lowest BCUT2D eigenvalue weighted by atomic mass is 9.89. The molecule has 2 aromatic carbocycles. The first kappa shape index (κ1) is 37.9. The largest absolute Gasteiger partial charge is 0.404 e. The van der Waals surface area contributed by atoms with Crippen molar-refractivity contribution in [1.82, 2.24) is 5.32 Å². The molecule has 2 aliphatic rings. The number of hydrogen-bond acceptors (Lipinski definition) is 7. The van der Waals surface area contributed by atoms with Crippen LogP contribution in [0.15, 0.2) is 47.1 Å². The van der Waals surface area contributed by atoms with Crippen LogP contribution in [0.5, 0.6) is 0 Å². The van der Waals surface area contributed by atoms with E-state index in [0.717, 1.165) is 93.7 Å². The van der Waals surface area contributed by atoms with E-state index in [1.165, 1.54) is 17.8 Å². The van der Waals surface area contributed by atoms with E-state index >= 15 is 0 Å². The van der Waals surface area contributed by atoms with Crippen molar-refractivity contribution in [3.8, 4) is 0 Å². The SMILES string of the molecule is C/C(C=O)=C/c1c(N(C)C)cc(C2CCOCC2)cc1N(C)CCCc1ccc(C(F)F)c(/C(C=NC2CCNCC2)=C/N)c1.CC. The maximum Gasteiger partial charge on any atom is 0.264 e. The molecule has 2 saturated heterocycles. The fraction of sp³-hybridized carbons (Fsp3) is 0.526. The lowest BCUT2D eigenvalue weighted by Gasteiger charge is -2.30. The number of nitrogens with two attached hydrogens (primary N) is 1. The van der Waals surface area contributed by atoms with E-state index in [9.17, 15) is 13.6 Å². The van der Waals surface area contributed by atoms with Crippen LogP contribution in [-0.2, 0) is 16.0 Å². The monoisotopic (exact) mass is 651 g/mol. The van der Waals surface area contributed by atoms with Crippen molar-refractivity contribution in [2.45, 2.75) is 77.7 Å². The van der Waals surface area contributed by atoms with Crippen molar-refractivity contribution in [2.75, 3.05) is 63.8 Å². The Morgan fingerprint density at radius 3 is 2.36 bits per heavy atom. The summed E-state index contributed by atoms with van der Waals surface area (Å²) >= 11 is 0. The predicted molar refractivity (Wildman–Crippen MR) is 194 cm³/mol. The van der Waals surface area contributed by atoms with Crippen LogP contribution >= 0.6 is 0 Å². The number of allylic oxidation sites excluding steroid dienone is 2. The summed E-state index contributed by atoms with van der Waals surface area (Å²) in [4.78, 5) is 20.6. The molecule has 2 fully saturated rings. The number of nitrogens with one attached hydrogen (secondary N) is 1. The minimum Gasteiger partial charge on any atom is -0.404 e. The highest BCUT2D eigenvalue weighted by Gasteiger charge is 2.22. The van der Waals surface area contributed by atoms with Crippen LogP contribution in [0.1, 0.15) is 93.0 Å². The zero-order chi connectivity index (χ0) is 34.3. The van der Waals surface area contributed by atoms with Crippen LogP contribution < -0.4 is 20.9 Å². The normalized spacial score (nSPS) is 16.7. The van der Waals surface area contributed by atoms with Gasteiger partial charge in [0.1, 0.15) is 6.29 Å². The standard InChI is InChI=1S/C36H49F2N5O2.C2H6/c1-25(24-44)18-33-34(42(2)3)20-28(27-11-16-45-17-12-27)21-35(33)43(4)15-5-6-26-7-8-31(36(37)38)32(19-26)29(22-39)23-41-30-9-13-40-14-10-30;1-2/h7-8,18-24,27,30,36,40H,5-6,9-17,39H2,1-4H3;1-2H3/b25-18-,29-22+,41-23?;. The lowest BCUT2D eigenvalue weighted by molar-refractivity contribution is -0.104. The van der Waals surface area contributed by atoms with E-state index in [1.807, 2.05) is 47.0 Å². The fourth-order valence-corrected chi connectivity index (χ4v) is 6.19. The Morgan fingerprint density at radius 1 is 1.06 bits per heavy atom. The molecule has 0 aromatic heterocycles. The van der Waals surface area contributed by atoms with Gasteiger partial charge < -0.3 is 25.6 Å². The minimum atomic E-state index is -2.61. The number of carbonyl (C=O) groups excluding carboxylic acids is 1. The van der Waals surface area contributed by atoms with Crippen LogP contribution in [-0.4, -0.2) is 72.5 Å². The number of halogens is 2. The summed E-state index contributed by atoms with van der Waals surface area (Å²) in [7, 11) is 6.14. The minimum absolute atomic E-state index is 0.0348. The smallest absolute Gasteiger partial charge is 0.264 e. The van der Waals surface area contributed by atoms with Crippen molar-refractivity contribution < 1.29 is 18.3 Å². The van der Waals surface area contributed by atoms with Gasteiger partial charge in [0.25, 0.3) is 6.43 Å². The Labute approximate surface area is 281 Å². The zero-order valence-electron chi connectivity index (χ0n) is 29.2. The molecule has 258 valence electrons. The van der Waals surface area contributed by atoms with E-state index in [1.54, 1.807) is 12.3 Å². The van der Waals surface area contributed by atoms with Crippen molar-refractivity contribution in [2.24, 2.45) is 10.7 Å². The number of benzene rings is 2. The highest BCUT2D eigenvalue weighted by molar-refractivity contribution is 6.10. The van der Waals surface area contributed by atoms with Crippen molar-refractivity contribution in [3.63, 3.8) is 0 Å². The van der Waals surface area contributed by atoms with Crippen molar-refractivity contribution >= 4 is 35.5 Å². The third-order valence-corrected chi connectivity index (χ3v) is 8.84. The molecule has 3 N–H and O–H groups in total. The van der Waals surface area contributed by atoms with Crippen LogP contribution in [0.3, 0.4) is 0 Å². The van der Waals surface area contributed by atoms with Crippen LogP contribution in [0.25, 0.3) is 11.6 Å². The molecule has 9 heteroatoms. The number of carbonyl (C=O) groups is 1. The number of aliphatic imine (C=N–C) groups is 1. The number of nitrogens with zero attached hydrogens (tertiary/aromatic N) is 3. The second-order valence-electron chi connectivity index (χ2n) is 12.4. The van der Waals surface area contributed by atoms with Gasteiger partial charge in [-0.15, -0.1) is 0 Å². The number of piperidine rings is 1. The van der Waals surface area contributed by atoms with E-state index in [2.05, 4.69) is 39.3 Å². The Morgan fingerprint density at radius 2 is 1.74 bits per heavy atom. The Kier molecular flexibility index (Phi) is 15.6. The van der Waals surface area contributed by atoms with Gasteiger partial charge in [0, 0.05) is 81.4 Å². The molecule has 2 aliphatic heterocycles. The number of alkyl halides is 2. The number of ether oxygens (including phenoxy) is 1. The summed E-state index contributed by atoms with van der Waals surface area (Å²) in [5.41, 5.74) is 12.9. The third-order valence-electron chi connectivity index (χ3n) is 8.84. The molecule has 2 aromatic rings. The number of anilines is 2. The summed E-state index contributed by atoms with van der Waals surface area (Å²) in [6.45, 7) is 9.90. The molecule has 0 bridgehead atoms. The van der Waals surface area contributed by atoms with E-state index in [0.29, 0.717) is 29.0 Å². The molecule has 0 unspecified atom stereocenters. The molecule has 0 radical (unpaired) electrons. The molecule has 0 amide bonds. The number of rotatable bonds is 13. The summed E-state index contributed by atoms with van der Waals surface area (Å²) in [6.07, 6.45) is 8.61. The number of aryl methyl sites for hydroxylation is 1. The molecule has 0 spiro atoms. The molecule has 2 heterocycles. The van der Waals surface area contributed by atoms with Crippen molar-refractivity contribution in [1.29, 1.82) is 0 Å². The van der Waals surface area contributed by atoms with Gasteiger partial charge in [-0.25, -0.2) is 8.78 Å². The van der Waals surface area contributed by atoms with Gasteiger partial charge in [0.05, 0.1) is 6.04 Å². The van der Waals surface area contributed by atoms with Crippen LogP contribution in [0, 0.1) is 0 Å². The fourth-order valence-electron chi connectivity index (χ4n) is 6.19. The average Bonchev–Trinajstić information content (AvgIpc) is 3.10. The van der Waals surface area contributed by atoms with E-state index < -0.39 is 6.43 Å². The predicted octanol–water partition coefficient (Wildman–Crippen LogP) is 7.40. The second-order valence-corrected chi connectivity index (χ2v) is 12.4. The zero-order valence-corrected chi connectivity index (χ0v) is 29.2.